The number of hydrogen-bond acceptors (Lipinski definition) is 2. The van der Waals surface area contributed by atoms with Gasteiger partial charge in [0.15, 0.2) is 0 Å². The molecule has 0 aliphatic rings. The van der Waals surface area contributed by atoms with Gasteiger partial charge in [-0.05, 0) is 39.5 Å². The standard InChI is InChI=1S/C13H26INO/c1-10(2)7-12(4)15(14)13(5,6)8-11(3)9-16/h9-12H,7-8H2,1-6H3. The van der Waals surface area contributed by atoms with Crippen LogP contribution in [-0.4, -0.2) is 21.0 Å². The molecule has 3 heteroatoms. The molecule has 0 saturated carbocycles. The van der Waals surface area contributed by atoms with E-state index in [1.807, 2.05) is 6.92 Å². The quantitative estimate of drug-likeness (QED) is 0.396. The van der Waals surface area contributed by atoms with E-state index in [1.54, 1.807) is 0 Å². The summed E-state index contributed by atoms with van der Waals surface area (Å²) >= 11 is 2.41. The first kappa shape index (κ1) is 16.4. The predicted molar refractivity (Wildman–Crippen MR) is 78.7 cm³/mol. The number of hydrogen-bond donors (Lipinski definition) is 0. The lowest BCUT2D eigenvalue weighted by atomic mass is 9.90. The lowest BCUT2D eigenvalue weighted by molar-refractivity contribution is -0.111. The van der Waals surface area contributed by atoms with Crippen molar-refractivity contribution in [1.82, 2.24) is 3.11 Å². The molecular formula is C13H26INO. The fourth-order valence-corrected chi connectivity index (χ4v) is 2.72. The molecule has 0 aliphatic carbocycles. The summed E-state index contributed by atoms with van der Waals surface area (Å²) in [7, 11) is 0. The van der Waals surface area contributed by atoms with E-state index >= 15 is 0 Å². The molecule has 0 heterocycles. The summed E-state index contributed by atoms with van der Waals surface area (Å²) in [4.78, 5) is 10.7. The number of rotatable bonds is 7. The normalized spacial score (nSPS) is 16.6. The van der Waals surface area contributed by atoms with Crippen LogP contribution in [0.2, 0.25) is 0 Å². The van der Waals surface area contributed by atoms with Crippen LogP contribution in [0.3, 0.4) is 0 Å². The van der Waals surface area contributed by atoms with Crippen LogP contribution >= 0.6 is 22.9 Å². The van der Waals surface area contributed by atoms with Crippen LogP contribution in [0.25, 0.3) is 0 Å². The van der Waals surface area contributed by atoms with Gasteiger partial charge in [-0.15, -0.1) is 0 Å². The molecular weight excluding hydrogens is 313 g/mol. The van der Waals surface area contributed by atoms with Gasteiger partial charge in [-0.2, -0.15) is 0 Å². The van der Waals surface area contributed by atoms with E-state index < -0.39 is 0 Å². The van der Waals surface area contributed by atoms with Crippen molar-refractivity contribution >= 4 is 29.2 Å². The van der Waals surface area contributed by atoms with Gasteiger partial charge in [-0.1, -0.05) is 20.8 Å². The predicted octanol–water partition coefficient (Wildman–Crippen LogP) is 4.08. The lowest BCUT2D eigenvalue weighted by Gasteiger charge is -2.39. The van der Waals surface area contributed by atoms with Crippen molar-refractivity contribution in [2.45, 2.75) is 66.0 Å². The molecule has 0 aromatic carbocycles. The lowest BCUT2D eigenvalue weighted by Crippen LogP contribution is -2.43. The molecule has 0 aromatic heterocycles. The molecule has 0 saturated heterocycles. The minimum atomic E-state index is 0.0786. The number of aldehydes is 1. The zero-order valence-corrected chi connectivity index (χ0v) is 13.6. The molecule has 96 valence electrons. The van der Waals surface area contributed by atoms with E-state index in [-0.39, 0.29) is 11.5 Å². The molecule has 2 unspecified atom stereocenters. The molecule has 0 amide bonds. The Hall–Kier alpha value is 0.360. The Bertz CT molecular complexity index is 216. The molecule has 16 heavy (non-hydrogen) atoms. The smallest absolute Gasteiger partial charge is 0.122 e. The van der Waals surface area contributed by atoms with Crippen LogP contribution in [0.15, 0.2) is 0 Å². The van der Waals surface area contributed by atoms with Crippen LogP contribution < -0.4 is 0 Å². The van der Waals surface area contributed by atoms with Gasteiger partial charge >= 0.3 is 0 Å². The molecule has 0 N–H and O–H groups in total. The number of carbonyl (C=O) groups is 1. The van der Waals surface area contributed by atoms with Crippen LogP contribution in [0.1, 0.15) is 54.4 Å². The molecule has 0 aliphatic heterocycles. The number of nitrogens with zero attached hydrogens (tertiary/aromatic N) is 1. The monoisotopic (exact) mass is 339 g/mol. The summed E-state index contributed by atoms with van der Waals surface area (Å²) in [5.74, 6) is 0.852. The molecule has 2 atom stereocenters. The van der Waals surface area contributed by atoms with Crippen LogP contribution in [0.4, 0.5) is 0 Å². The average Bonchev–Trinajstić information content (AvgIpc) is 2.14. The largest absolute Gasteiger partial charge is 0.303 e. The van der Waals surface area contributed by atoms with E-state index in [0.29, 0.717) is 12.0 Å². The third kappa shape index (κ3) is 5.62. The minimum Gasteiger partial charge on any atom is -0.303 e. The van der Waals surface area contributed by atoms with E-state index in [9.17, 15) is 4.79 Å². The molecule has 2 nitrogen and oxygen atoms in total. The van der Waals surface area contributed by atoms with Gasteiger partial charge < -0.3 is 4.79 Å². The molecule has 0 spiro atoms. The molecule has 0 fully saturated rings. The van der Waals surface area contributed by atoms with Gasteiger partial charge in [0, 0.05) is 40.4 Å². The SMILES string of the molecule is CC(C)CC(C)N(I)C(C)(C)CC(C)C=O. The topological polar surface area (TPSA) is 20.3 Å². The van der Waals surface area contributed by atoms with Crippen LogP contribution in [0.5, 0.6) is 0 Å². The number of halogens is 1. The van der Waals surface area contributed by atoms with Crippen molar-refractivity contribution in [2.24, 2.45) is 11.8 Å². The van der Waals surface area contributed by atoms with E-state index in [0.717, 1.165) is 12.7 Å². The van der Waals surface area contributed by atoms with Gasteiger partial charge in [-0.25, -0.2) is 3.11 Å². The Morgan fingerprint density at radius 3 is 2.12 bits per heavy atom. The maximum Gasteiger partial charge on any atom is 0.122 e. The third-order valence-electron chi connectivity index (χ3n) is 2.83. The fraction of sp³-hybridized carbons (Fsp3) is 0.923. The van der Waals surface area contributed by atoms with Gasteiger partial charge in [-0.3, -0.25) is 0 Å². The van der Waals surface area contributed by atoms with Crippen LogP contribution in [0, 0.1) is 11.8 Å². The molecule has 0 aromatic rings. The van der Waals surface area contributed by atoms with Crippen molar-refractivity contribution in [2.75, 3.05) is 0 Å². The van der Waals surface area contributed by atoms with E-state index in [1.165, 1.54) is 6.42 Å². The summed E-state index contributed by atoms with van der Waals surface area (Å²) in [6.07, 6.45) is 3.17. The highest BCUT2D eigenvalue weighted by atomic mass is 127. The van der Waals surface area contributed by atoms with Gasteiger partial charge in [0.25, 0.3) is 0 Å². The highest BCUT2D eigenvalue weighted by molar-refractivity contribution is 14.1. The van der Waals surface area contributed by atoms with E-state index in [2.05, 4.69) is 60.6 Å². The molecule has 0 radical (unpaired) electrons. The van der Waals surface area contributed by atoms with Gasteiger partial charge in [0.2, 0.25) is 0 Å². The van der Waals surface area contributed by atoms with Crippen molar-refractivity contribution in [3.05, 3.63) is 0 Å². The molecule has 0 bridgehead atoms. The molecule has 0 rings (SSSR count). The Balaban J connectivity index is 4.42. The first-order chi connectivity index (χ1) is 7.20. The van der Waals surface area contributed by atoms with E-state index in [4.69, 9.17) is 0 Å². The Labute approximate surface area is 115 Å². The summed E-state index contributed by atoms with van der Waals surface area (Å²) < 4.78 is 2.38. The zero-order chi connectivity index (χ0) is 12.9. The van der Waals surface area contributed by atoms with Gasteiger partial charge in [0.1, 0.15) is 6.29 Å². The first-order valence-electron chi connectivity index (χ1n) is 6.11. The second kappa shape index (κ2) is 6.94. The zero-order valence-electron chi connectivity index (χ0n) is 11.5. The maximum absolute atomic E-state index is 10.7. The van der Waals surface area contributed by atoms with Crippen LogP contribution in [-0.2, 0) is 4.79 Å². The number of carbonyl (C=O) groups excluding carboxylic acids is 1. The van der Waals surface area contributed by atoms with Crippen molar-refractivity contribution in [3.63, 3.8) is 0 Å². The first-order valence-corrected chi connectivity index (χ1v) is 7.07. The summed E-state index contributed by atoms with van der Waals surface area (Å²) in [6.45, 7) is 13.2. The third-order valence-corrected chi connectivity index (χ3v) is 5.09. The summed E-state index contributed by atoms with van der Waals surface area (Å²) in [6, 6.07) is 0.550. The second-order valence-electron chi connectivity index (χ2n) is 5.92. The maximum atomic E-state index is 10.7. The minimum absolute atomic E-state index is 0.0786. The highest BCUT2D eigenvalue weighted by Gasteiger charge is 2.30. The van der Waals surface area contributed by atoms with Gasteiger partial charge in [0.05, 0.1) is 0 Å². The summed E-state index contributed by atoms with van der Waals surface area (Å²) in [5, 5.41) is 0. The highest BCUT2D eigenvalue weighted by Crippen LogP contribution is 2.30. The van der Waals surface area contributed by atoms with Crippen molar-refractivity contribution < 1.29 is 4.79 Å². The Morgan fingerprint density at radius 1 is 1.25 bits per heavy atom. The average molecular weight is 339 g/mol. The summed E-state index contributed by atoms with van der Waals surface area (Å²) in [5.41, 5.74) is 0.0786. The fourth-order valence-electron chi connectivity index (χ4n) is 2.29. The Morgan fingerprint density at radius 2 is 1.75 bits per heavy atom. The van der Waals surface area contributed by atoms with Crippen molar-refractivity contribution in [1.29, 1.82) is 0 Å². The Kier molecular flexibility index (Phi) is 7.10. The van der Waals surface area contributed by atoms with Crippen molar-refractivity contribution in [3.8, 4) is 0 Å². The second-order valence-corrected chi connectivity index (χ2v) is 6.96.